The number of ether oxygens (including phenoxy) is 2. The number of nitrogens with two attached hydrogens (primary N) is 1. The van der Waals surface area contributed by atoms with Gasteiger partial charge in [0.05, 0.1) is 32.1 Å². The van der Waals surface area contributed by atoms with Gasteiger partial charge in [0, 0.05) is 14.1 Å². The molecule has 0 saturated carbocycles. The minimum Gasteiger partial charge on any atom is -0.497 e. The largest absolute Gasteiger partial charge is 0.497 e. The lowest BCUT2D eigenvalue weighted by atomic mass is 10.0. The topological polar surface area (TPSA) is 161 Å². The first-order valence-electron chi connectivity index (χ1n) is 10.8. The molecule has 2 aromatic heterocycles. The number of halogens is 1. The van der Waals surface area contributed by atoms with Crippen molar-refractivity contribution in [3.05, 3.63) is 42.5 Å². The number of benzene rings is 1. The Bertz CT molecular complexity index is 1140. The van der Waals surface area contributed by atoms with Gasteiger partial charge in [0.2, 0.25) is 5.91 Å². The summed E-state index contributed by atoms with van der Waals surface area (Å²) in [7, 11) is 5.25. The van der Waals surface area contributed by atoms with E-state index < -0.39 is 43.0 Å². The molecule has 1 aliphatic heterocycles. The first kappa shape index (κ1) is 26.6. The van der Waals surface area contributed by atoms with Gasteiger partial charge in [-0.3, -0.25) is 9.36 Å². The van der Waals surface area contributed by atoms with Crippen LogP contribution < -0.4 is 20.7 Å². The van der Waals surface area contributed by atoms with Crippen LogP contribution in [0.15, 0.2) is 36.9 Å². The van der Waals surface area contributed by atoms with Gasteiger partial charge in [-0.1, -0.05) is 12.1 Å². The zero-order valence-electron chi connectivity index (χ0n) is 19.6. The van der Waals surface area contributed by atoms with Gasteiger partial charge in [0.15, 0.2) is 23.2 Å². The smallest absolute Gasteiger partial charge is 0.237 e. The van der Waals surface area contributed by atoms with Crippen molar-refractivity contribution in [3.63, 3.8) is 0 Å². The number of hydrogen-bond acceptors (Lipinski definition) is 10. The number of carbonyl (C=O) groups excluding carboxylic acids is 1. The molecule has 0 aliphatic carbocycles. The van der Waals surface area contributed by atoms with Crippen LogP contribution in [0, 0.1) is 0 Å². The van der Waals surface area contributed by atoms with Gasteiger partial charge in [0.25, 0.3) is 0 Å². The fourth-order valence-electron chi connectivity index (χ4n) is 4.04. The number of aliphatic hydroxyl groups excluding tert-OH is 2. The monoisotopic (exact) mass is 507 g/mol. The minimum atomic E-state index is -1.18. The number of carbonyl (C=O) groups is 1. The normalized spacial score (nSPS) is 22.5. The number of imidazole rings is 1. The number of amides is 1. The number of rotatable bonds is 8. The molecule has 5 N–H and O–H groups in total. The maximum atomic E-state index is 12.8. The van der Waals surface area contributed by atoms with Crippen molar-refractivity contribution in [1.82, 2.24) is 24.8 Å². The summed E-state index contributed by atoms with van der Waals surface area (Å²) in [6, 6.07) is 5.52. The highest BCUT2D eigenvalue weighted by atomic mass is 35.5. The zero-order chi connectivity index (χ0) is 24.4. The molecule has 0 spiro atoms. The molecule has 3 heterocycles. The Labute approximate surface area is 208 Å². The summed E-state index contributed by atoms with van der Waals surface area (Å²) in [6.07, 6.45) is 0.250. The van der Waals surface area contributed by atoms with Crippen molar-refractivity contribution in [2.75, 3.05) is 32.7 Å². The Morgan fingerprint density at radius 2 is 2.00 bits per heavy atom. The van der Waals surface area contributed by atoms with Crippen LogP contribution in [0.5, 0.6) is 5.75 Å². The van der Waals surface area contributed by atoms with Gasteiger partial charge in [0.1, 0.15) is 24.3 Å². The number of aromatic nitrogens is 4. The summed E-state index contributed by atoms with van der Waals surface area (Å²) < 4.78 is 12.6. The van der Waals surface area contributed by atoms with Crippen molar-refractivity contribution < 1.29 is 24.5 Å². The van der Waals surface area contributed by atoms with Crippen LogP contribution in [-0.2, 0) is 16.0 Å². The van der Waals surface area contributed by atoms with E-state index in [1.54, 1.807) is 28.7 Å². The second kappa shape index (κ2) is 11.1. The SMILES string of the molecule is COc1ccc(CC(N)C(=O)NC2C(CO)OC(n3cnc4c(N(C)C)ncnc43)C2O)cc1.Cl. The molecule has 190 valence electrons. The van der Waals surface area contributed by atoms with Crippen molar-refractivity contribution in [3.8, 4) is 5.75 Å². The molecule has 3 aromatic rings. The molecular formula is C22H30ClN7O5. The van der Waals surface area contributed by atoms with Crippen LogP contribution in [0.4, 0.5) is 5.82 Å². The van der Waals surface area contributed by atoms with Crippen molar-refractivity contribution >= 4 is 35.3 Å². The zero-order valence-corrected chi connectivity index (χ0v) is 20.4. The quantitative estimate of drug-likeness (QED) is 0.316. The first-order chi connectivity index (χ1) is 16.3. The van der Waals surface area contributed by atoms with E-state index in [4.69, 9.17) is 15.2 Å². The van der Waals surface area contributed by atoms with Gasteiger partial charge >= 0.3 is 0 Å². The average Bonchev–Trinajstić information content (AvgIpc) is 3.40. The number of hydrogen-bond donors (Lipinski definition) is 4. The third kappa shape index (κ3) is 5.31. The molecule has 1 aliphatic rings. The highest BCUT2D eigenvalue weighted by Gasteiger charge is 2.46. The maximum absolute atomic E-state index is 12.8. The van der Waals surface area contributed by atoms with E-state index in [0.717, 1.165) is 5.56 Å². The molecule has 35 heavy (non-hydrogen) atoms. The number of nitrogens with zero attached hydrogens (tertiary/aromatic N) is 5. The van der Waals surface area contributed by atoms with Gasteiger partial charge in [-0.2, -0.15) is 0 Å². The molecule has 0 radical (unpaired) electrons. The summed E-state index contributed by atoms with van der Waals surface area (Å²) in [5.74, 6) is 0.861. The highest BCUT2D eigenvalue weighted by Crippen LogP contribution is 2.32. The Balaban J connectivity index is 0.00000342. The number of aliphatic hydroxyl groups is 2. The average molecular weight is 508 g/mol. The predicted octanol–water partition coefficient (Wildman–Crippen LogP) is -0.372. The molecule has 1 fully saturated rings. The van der Waals surface area contributed by atoms with E-state index >= 15 is 0 Å². The van der Waals surface area contributed by atoms with Crippen LogP contribution in [0.1, 0.15) is 11.8 Å². The van der Waals surface area contributed by atoms with Crippen molar-refractivity contribution in [2.24, 2.45) is 5.73 Å². The van der Waals surface area contributed by atoms with Gasteiger partial charge in [-0.05, 0) is 24.1 Å². The Morgan fingerprint density at radius 3 is 2.63 bits per heavy atom. The van der Waals surface area contributed by atoms with E-state index in [-0.39, 0.29) is 12.4 Å². The molecule has 1 saturated heterocycles. The summed E-state index contributed by atoms with van der Waals surface area (Å²) in [4.78, 5) is 27.5. The second-order valence-corrected chi connectivity index (χ2v) is 8.35. The molecular weight excluding hydrogens is 478 g/mol. The molecule has 5 unspecified atom stereocenters. The van der Waals surface area contributed by atoms with E-state index in [1.807, 2.05) is 26.2 Å². The fraction of sp³-hybridized carbons (Fsp3) is 0.455. The Morgan fingerprint density at radius 1 is 1.29 bits per heavy atom. The molecule has 12 nitrogen and oxygen atoms in total. The third-order valence-corrected chi connectivity index (χ3v) is 5.85. The number of methoxy groups -OCH3 is 1. The summed E-state index contributed by atoms with van der Waals surface area (Å²) in [5, 5.41) is 23.6. The predicted molar refractivity (Wildman–Crippen MR) is 131 cm³/mol. The minimum absolute atomic E-state index is 0. The van der Waals surface area contributed by atoms with E-state index in [9.17, 15) is 15.0 Å². The van der Waals surface area contributed by atoms with Crippen LogP contribution in [0.2, 0.25) is 0 Å². The summed E-state index contributed by atoms with van der Waals surface area (Å²) >= 11 is 0. The molecule has 1 aromatic carbocycles. The van der Waals surface area contributed by atoms with E-state index in [1.165, 1.54) is 12.7 Å². The first-order valence-corrected chi connectivity index (χ1v) is 10.8. The molecule has 0 bridgehead atoms. The molecule has 5 atom stereocenters. The Hall–Kier alpha value is -3.03. The fourth-order valence-corrected chi connectivity index (χ4v) is 4.04. The van der Waals surface area contributed by atoms with Crippen LogP contribution in [0.3, 0.4) is 0 Å². The second-order valence-electron chi connectivity index (χ2n) is 8.35. The van der Waals surface area contributed by atoms with Gasteiger partial charge in [-0.15, -0.1) is 12.4 Å². The maximum Gasteiger partial charge on any atom is 0.237 e. The van der Waals surface area contributed by atoms with E-state index in [0.29, 0.717) is 29.2 Å². The number of nitrogens with one attached hydrogen (secondary N) is 1. The standard InChI is InChI=1S/C22H29N7O5.ClH/c1-28(2)19-17-20(25-10-24-19)29(11-26-17)22-18(31)16(15(9-30)34-22)27-21(32)14(23)8-12-4-6-13(33-3)7-5-12;/h4-7,10-11,14-16,18,22,30-31H,8-9,23H2,1-3H3,(H,27,32);1H. The number of anilines is 1. The summed E-state index contributed by atoms with van der Waals surface area (Å²) in [5.41, 5.74) is 7.98. The Kier molecular flexibility index (Phi) is 8.46. The summed E-state index contributed by atoms with van der Waals surface area (Å²) in [6.45, 7) is -0.406. The lowest BCUT2D eigenvalue weighted by molar-refractivity contribution is -0.124. The van der Waals surface area contributed by atoms with Gasteiger partial charge in [-0.25, -0.2) is 15.0 Å². The molecule has 4 rings (SSSR count). The molecule has 1 amide bonds. The highest BCUT2D eigenvalue weighted by molar-refractivity contribution is 5.85. The lowest BCUT2D eigenvalue weighted by Gasteiger charge is -2.23. The van der Waals surface area contributed by atoms with Gasteiger partial charge < -0.3 is 35.6 Å². The van der Waals surface area contributed by atoms with Crippen molar-refractivity contribution in [1.29, 1.82) is 0 Å². The third-order valence-electron chi connectivity index (χ3n) is 5.85. The molecule has 13 heteroatoms. The van der Waals surface area contributed by atoms with E-state index in [2.05, 4.69) is 20.3 Å². The van der Waals surface area contributed by atoms with Crippen molar-refractivity contribution in [2.45, 2.75) is 36.9 Å². The lowest BCUT2D eigenvalue weighted by Crippen LogP contribution is -2.53. The van der Waals surface area contributed by atoms with Crippen LogP contribution >= 0.6 is 12.4 Å². The number of fused-ring (bicyclic) bond motifs is 1. The van der Waals surface area contributed by atoms with Crippen LogP contribution in [-0.4, -0.2) is 87.7 Å². The van der Waals surface area contributed by atoms with Crippen LogP contribution in [0.25, 0.3) is 11.2 Å².